The van der Waals surface area contributed by atoms with Crippen LogP contribution in [-0.4, -0.2) is 0 Å². The number of benzene rings is 9. The van der Waals surface area contributed by atoms with E-state index in [1.165, 1.54) is 47.7 Å². The Morgan fingerprint density at radius 3 is 0.275 bits per heavy atom. The van der Waals surface area contributed by atoms with Crippen molar-refractivity contribution in [2.24, 2.45) is 0 Å². The van der Waals surface area contributed by atoms with Crippen LogP contribution in [0, 0.1) is 0 Å². The summed E-state index contributed by atoms with van der Waals surface area (Å²) in [4.78, 5) is 0. The first-order valence-corrected chi connectivity index (χ1v) is 23.2. The van der Waals surface area contributed by atoms with Crippen molar-refractivity contribution in [1.82, 2.24) is 0 Å². The summed E-state index contributed by atoms with van der Waals surface area (Å²) in [5.74, 6) is 0. The van der Waals surface area contributed by atoms with E-state index in [4.69, 9.17) is 0 Å². The van der Waals surface area contributed by atoms with Crippen LogP contribution in [0.4, 0.5) is 0 Å². The van der Waals surface area contributed by atoms with Gasteiger partial charge in [0.1, 0.15) is 0 Å². The average Bonchev–Trinajstić information content (AvgIpc) is 3.30. The fraction of sp³-hybridized carbons (Fsp3) is 0. The molecule has 0 radical (unpaired) electrons. The van der Waals surface area contributed by atoms with Crippen molar-refractivity contribution in [1.29, 1.82) is 0 Å². The quantitative estimate of drug-likeness (QED) is 0.0998. The predicted octanol–water partition coefficient (Wildman–Crippen LogP) is -16.6. The Morgan fingerprint density at radius 1 is 0.130 bits per heavy atom. The Morgan fingerprint density at radius 2 is 0.203 bits per heavy atom. The van der Waals surface area contributed by atoms with Gasteiger partial charge in [0, 0.05) is 0 Å². The molecule has 0 aliphatic carbocycles. The van der Waals surface area contributed by atoms with E-state index in [9.17, 15) is 0 Å². The van der Waals surface area contributed by atoms with Crippen LogP contribution in [0.2, 0.25) is 0 Å². The zero-order valence-electron chi connectivity index (χ0n) is 36.2. The molecule has 0 fully saturated rings. The summed E-state index contributed by atoms with van der Waals surface area (Å²) >= 11 is 0. The van der Waals surface area contributed by atoms with Crippen LogP contribution in [0.3, 0.4) is 0 Å². The first-order valence-electron chi connectivity index (χ1n) is 19.2. The normalized spacial score (nSPS) is 8.74. The molecule has 0 unspecified atom stereocenters. The van der Waals surface area contributed by atoms with Crippen molar-refractivity contribution in [2.45, 2.75) is 0 Å². The molecule has 69 heavy (non-hydrogen) atoms. The molecule has 0 saturated carbocycles. The largest absolute Gasteiger partial charge is 3.00 e. The standard InChI is InChI=1S/3C18H15P.9ClH.3Rh/c3*1-4-10-16(11-5-1)19(17-12-6-2-7-13-17)18-14-8-3-9-15-18;;;;;;;;;;;;/h3*1-15H;9*1H;;;/q;;;;;;;;;;;;3*+3/p-9. The molecule has 0 spiro atoms. The monoisotopic (exact) mass is 1410 g/mol. The fourth-order valence-corrected chi connectivity index (χ4v) is 13.5. The van der Waals surface area contributed by atoms with Crippen molar-refractivity contribution in [3.8, 4) is 0 Å². The SMILES string of the molecule is [Cl-].[Cl-].[Cl-].[Cl-].[Cl-].[Cl-].[Cl-].[Cl-].[Cl-].[Rh+3].[Rh+3].[Rh+3].c1ccc(P(c2ccccc2)c2ccccc2)cc1.c1ccc(P(c2ccccc2)c2ccccc2)cc1.c1ccc(P(c2ccccc2)c2ccccc2)cc1. The van der Waals surface area contributed by atoms with Gasteiger partial charge in [0.2, 0.25) is 0 Å². The van der Waals surface area contributed by atoms with E-state index < -0.39 is 23.8 Å². The van der Waals surface area contributed by atoms with Gasteiger partial charge in [-0.2, -0.15) is 0 Å². The summed E-state index contributed by atoms with van der Waals surface area (Å²) in [5.41, 5.74) is 0. The smallest absolute Gasteiger partial charge is 1.00 e. The van der Waals surface area contributed by atoms with E-state index in [0.29, 0.717) is 0 Å². The number of hydrogen-bond acceptors (Lipinski definition) is 0. The molecule has 0 aromatic heterocycles. The minimum absolute atomic E-state index is 0. The van der Waals surface area contributed by atoms with Gasteiger partial charge in [-0.05, 0) is 71.5 Å². The van der Waals surface area contributed by atoms with Crippen LogP contribution in [0.25, 0.3) is 0 Å². The van der Waals surface area contributed by atoms with Gasteiger partial charge in [-0.25, -0.2) is 0 Å². The summed E-state index contributed by atoms with van der Waals surface area (Å²) in [7, 11) is -1.34. The predicted molar refractivity (Wildman–Crippen MR) is 255 cm³/mol. The van der Waals surface area contributed by atoms with Crippen molar-refractivity contribution in [2.75, 3.05) is 0 Å². The summed E-state index contributed by atoms with van der Waals surface area (Å²) in [6.07, 6.45) is 0. The van der Waals surface area contributed by atoms with Gasteiger partial charge in [-0.15, -0.1) is 0 Å². The summed E-state index contributed by atoms with van der Waals surface area (Å²) in [5, 5.41) is 12.6. The minimum Gasteiger partial charge on any atom is -1.00 e. The van der Waals surface area contributed by atoms with E-state index >= 15 is 0 Å². The molecule has 9 aromatic rings. The number of rotatable bonds is 9. The Bertz CT molecular complexity index is 1910. The topological polar surface area (TPSA) is 0 Å². The maximum absolute atomic E-state index is 2.23. The molecular weight excluding hydrogens is 1370 g/mol. The van der Waals surface area contributed by atoms with Gasteiger partial charge < -0.3 is 112 Å². The molecule has 0 atom stereocenters. The molecule has 0 nitrogen and oxygen atoms in total. The van der Waals surface area contributed by atoms with Crippen LogP contribution in [0.1, 0.15) is 0 Å². The van der Waals surface area contributed by atoms with Gasteiger partial charge >= 0.3 is 58.4 Å². The summed E-state index contributed by atoms with van der Waals surface area (Å²) in [6, 6.07) is 97.0. The second kappa shape index (κ2) is 45.4. The Hall–Kier alpha value is -1.25. The van der Waals surface area contributed by atoms with Gasteiger partial charge in [0.15, 0.2) is 0 Å². The summed E-state index contributed by atoms with van der Waals surface area (Å²) in [6.45, 7) is 0. The Labute approximate surface area is 508 Å². The molecule has 0 aliphatic heterocycles. The van der Waals surface area contributed by atoms with Crippen molar-refractivity contribution in [3.05, 3.63) is 273 Å². The molecule has 0 saturated heterocycles. The van der Waals surface area contributed by atoms with Crippen molar-refractivity contribution >= 4 is 71.5 Å². The third kappa shape index (κ3) is 24.6. The third-order valence-electron chi connectivity index (χ3n) is 9.13. The maximum Gasteiger partial charge on any atom is 3.00 e. The molecule has 0 amide bonds. The maximum atomic E-state index is 2.23. The van der Waals surface area contributed by atoms with Crippen LogP contribution in [-0.2, 0) is 58.4 Å². The molecule has 9 aromatic carbocycles. The second-order valence-electron chi connectivity index (χ2n) is 13.0. The van der Waals surface area contributed by atoms with Crippen molar-refractivity contribution in [3.63, 3.8) is 0 Å². The first kappa shape index (κ1) is 79.2. The van der Waals surface area contributed by atoms with Gasteiger partial charge in [-0.3, -0.25) is 0 Å². The molecule has 0 heterocycles. The van der Waals surface area contributed by atoms with Gasteiger partial charge in [0.25, 0.3) is 0 Å². The van der Waals surface area contributed by atoms with Crippen LogP contribution < -0.4 is 159 Å². The Kier molecular flexibility index (Phi) is 52.1. The molecule has 0 aliphatic rings. The summed E-state index contributed by atoms with van der Waals surface area (Å²) < 4.78 is 0. The first-order chi connectivity index (χ1) is 28.3. The van der Waals surface area contributed by atoms with E-state index in [1.807, 2.05) is 0 Å². The number of halogens is 9. The zero-order valence-corrected chi connectivity index (χ0v) is 50.6. The van der Waals surface area contributed by atoms with Crippen LogP contribution >= 0.6 is 23.8 Å². The zero-order chi connectivity index (χ0) is 38.7. The molecular formula is C54H45Cl9P3Rh3. The molecule has 15 heteroatoms. The van der Waals surface area contributed by atoms with Crippen molar-refractivity contribution < 1.29 is 170 Å². The molecule has 0 bridgehead atoms. The van der Waals surface area contributed by atoms with E-state index in [2.05, 4.69) is 273 Å². The van der Waals surface area contributed by atoms with Crippen LogP contribution in [0.15, 0.2) is 273 Å². The Balaban J connectivity index is -0.000000198. The van der Waals surface area contributed by atoms with E-state index in [-0.39, 0.29) is 170 Å². The van der Waals surface area contributed by atoms with Gasteiger partial charge in [0.05, 0.1) is 0 Å². The van der Waals surface area contributed by atoms with E-state index in [1.54, 1.807) is 0 Å². The molecule has 0 N–H and O–H groups in total. The van der Waals surface area contributed by atoms with Gasteiger partial charge in [-0.1, -0.05) is 273 Å². The second-order valence-corrected chi connectivity index (χ2v) is 19.7. The van der Waals surface area contributed by atoms with Crippen LogP contribution in [0.5, 0.6) is 0 Å². The molecule has 9 rings (SSSR count). The third-order valence-corrected chi connectivity index (χ3v) is 16.5. The van der Waals surface area contributed by atoms with E-state index in [0.717, 1.165) is 0 Å². The average molecular weight is 1410 g/mol. The molecule has 366 valence electrons. The minimum atomic E-state index is -0.446. The fourth-order valence-electron chi connectivity index (χ4n) is 6.54. The number of hydrogen-bond donors (Lipinski definition) is 0.